The second kappa shape index (κ2) is 7.65. The predicted molar refractivity (Wildman–Crippen MR) is 82.9 cm³/mol. The number of para-hydroxylation sites is 1. The van der Waals surface area contributed by atoms with Crippen LogP contribution in [0.4, 0.5) is 5.69 Å². The van der Waals surface area contributed by atoms with Crippen molar-refractivity contribution >= 4 is 5.69 Å². The number of aliphatic hydroxyl groups is 1. The number of aryl methyl sites for hydroxylation is 1. The number of rotatable bonds is 7. The fourth-order valence-corrected chi connectivity index (χ4v) is 2.28. The number of likely N-dealkylation sites (N-methyl/N-ethyl adjacent to an activating group) is 1. The van der Waals surface area contributed by atoms with Crippen molar-refractivity contribution in [3.8, 4) is 0 Å². The number of benzene rings is 1. The molecule has 2 aromatic rings. The Hall–Kier alpha value is -1.87. The van der Waals surface area contributed by atoms with Crippen LogP contribution in [-0.4, -0.2) is 29.3 Å². The Morgan fingerprint density at radius 3 is 2.60 bits per heavy atom. The van der Waals surface area contributed by atoms with E-state index in [-0.39, 0.29) is 6.10 Å². The molecule has 1 aromatic heterocycles. The highest BCUT2D eigenvalue weighted by Gasteiger charge is 2.11. The van der Waals surface area contributed by atoms with Crippen molar-refractivity contribution in [2.75, 3.05) is 18.0 Å². The molecule has 0 radical (unpaired) electrons. The maximum Gasteiger partial charge on any atom is 0.0718 e. The molecular weight excluding hydrogens is 248 g/mol. The van der Waals surface area contributed by atoms with Crippen molar-refractivity contribution in [3.63, 3.8) is 0 Å². The molecule has 0 spiro atoms. The molecule has 106 valence electrons. The van der Waals surface area contributed by atoms with Crippen molar-refractivity contribution < 1.29 is 5.11 Å². The summed E-state index contributed by atoms with van der Waals surface area (Å²) >= 11 is 0. The lowest BCUT2D eigenvalue weighted by Crippen LogP contribution is -2.32. The zero-order valence-electron chi connectivity index (χ0n) is 11.9. The van der Waals surface area contributed by atoms with Crippen molar-refractivity contribution in [3.05, 3.63) is 60.4 Å². The Bertz CT molecular complexity index is 487. The fourth-order valence-electron chi connectivity index (χ4n) is 2.28. The smallest absolute Gasteiger partial charge is 0.0718 e. The van der Waals surface area contributed by atoms with Crippen LogP contribution in [0.25, 0.3) is 0 Å². The Kier molecular flexibility index (Phi) is 5.56. The van der Waals surface area contributed by atoms with E-state index in [1.54, 1.807) is 6.20 Å². The number of aromatic nitrogens is 1. The minimum Gasteiger partial charge on any atom is -0.391 e. The van der Waals surface area contributed by atoms with E-state index >= 15 is 0 Å². The number of nitrogens with zero attached hydrogens (tertiary/aromatic N) is 2. The summed E-state index contributed by atoms with van der Waals surface area (Å²) < 4.78 is 0. The van der Waals surface area contributed by atoms with Gasteiger partial charge in [0.1, 0.15) is 0 Å². The second-order valence-corrected chi connectivity index (χ2v) is 4.93. The minimum absolute atomic E-state index is 0.324. The van der Waals surface area contributed by atoms with Crippen molar-refractivity contribution in [2.45, 2.75) is 25.9 Å². The Morgan fingerprint density at radius 2 is 1.95 bits per heavy atom. The summed E-state index contributed by atoms with van der Waals surface area (Å²) in [6.07, 6.45) is 4.93. The summed E-state index contributed by atoms with van der Waals surface area (Å²) in [5, 5.41) is 10.2. The lowest BCUT2D eigenvalue weighted by molar-refractivity contribution is 0.170. The molecule has 1 atom stereocenters. The van der Waals surface area contributed by atoms with Crippen molar-refractivity contribution in [1.82, 2.24) is 4.98 Å². The van der Waals surface area contributed by atoms with Gasteiger partial charge in [0.25, 0.3) is 0 Å². The van der Waals surface area contributed by atoms with Gasteiger partial charge in [0.2, 0.25) is 0 Å². The summed E-state index contributed by atoms with van der Waals surface area (Å²) in [4.78, 5) is 6.30. The highest BCUT2D eigenvalue weighted by atomic mass is 16.3. The van der Waals surface area contributed by atoms with E-state index in [1.807, 2.05) is 30.5 Å². The molecule has 20 heavy (non-hydrogen) atoms. The number of hydrogen-bond acceptors (Lipinski definition) is 3. The van der Waals surface area contributed by atoms with Crippen molar-refractivity contribution in [2.24, 2.45) is 0 Å². The molecule has 1 heterocycles. The SMILES string of the molecule is CCN(CC(O)CCc1cccnc1)c1ccccc1. The molecule has 1 N–H and O–H groups in total. The molecular formula is C17H22N2O. The summed E-state index contributed by atoms with van der Waals surface area (Å²) in [6, 6.07) is 14.2. The second-order valence-electron chi connectivity index (χ2n) is 4.93. The monoisotopic (exact) mass is 270 g/mol. The summed E-state index contributed by atoms with van der Waals surface area (Å²) in [5.41, 5.74) is 2.34. The predicted octanol–water partition coefficient (Wildman–Crippen LogP) is 2.90. The molecule has 0 aliphatic rings. The first-order valence-corrected chi connectivity index (χ1v) is 7.16. The Balaban J connectivity index is 1.85. The van der Waals surface area contributed by atoms with Crippen LogP contribution in [0.2, 0.25) is 0 Å². The van der Waals surface area contributed by atoms with Gasteiger partial charge < -0.3 is 10.0 Å². The van der Waals surface area contributed by atoms with Crippen LogP contribution in [-0.2, 0) is 6.42 Å². The molecule has 0 saturated carbocycles. The quantitative estimate of drug-likeness (QED) is 0.840. The van der Waals surface area contributed by atoms with Gasteiger partial charge >= 0.3 is 0 Å². The molecule has 0 fully saturated rings. The van der Waals surface area contributed by atoms with Crippen LogP contribution in [0.5, 0.6) is 0 Å². The molecule has 0 aliphatic carbocycles. The maximum atomic E-state index is 10.2. The van der Waals surface area contributed by atoms with Gasteiger partial charge in [-0.1, -0.05) is 24.3 Å². The molecule has 0 bridgehead atoms. The van der Waals surface area contributed by atoms with Crippen LogP contribution in [0.1, 0.15) is 18.9 Å². The first-order chi connectivity index (χ1) is 9.79. The number of aliphatic hydroxyl groups excluding tert-OH is 1. The van der Waals surface area contributed by atoms with Crippen LogP contribution < -0.4 is 4.90 Å². The van der Waals surface area contributed by atoms with Gasteiger partial charge in [-0.25, -0.2) is 0 Å². The first kappa shape index (κ1) is 14.5. The highest BCUT2D eigenvalue weighted by Crippen LogP contribution is 2.14. The molecule has 2 rings (SSSR count). The van der Waals surface area contributed by atoms with Crippen LogP contribution in [0.15, 0.2) is 54.9 Å². The lowest BCUT2D eigenvalue weighted by Gasteiger charge is -2.26. The molecule has 0 amide bonds. The van der Waals surface area contributed by atoms with Gasteiger partial charge in [0, 0.05) is 31.2 Å². The standard InChI is InChI=1S/C17H22N2O/c1-2-19(16-8-4-3-5-9-16)14-17(20)11-10-15-7-6-12-18-13-15/h3-9,12-13,17,20H,2,10-11,14H2,1H3. The van der Waals surface area contributed by atoms with E-state index in [0.29, 0.717) is 6.54 Å². The third-order valence-corrected chi connectivity index (χ3v) is 3.42. The third kappa shape index (κ3) is 4.35. The van der Waals surface area contributed by atoms with Gasteiger partial charge in [-0.2, -0.15) is 0 Å². The summed E-state index contributed by atoms with van der Waals surface area (Å²) in [6.45, 7) is 3.68. The molecule has 0 aliphatic heterocycles. The highest BCUT2D eigenvalue weighted by molar-refractivity contribution is 5.45. The Labute approximate surface area is 120 Å². The molecule has 3 heteroatoms. The normalized spacial score (nSPS) is 12.1. The maximum absolute atomic E-state index is 10.2. The van der Waals surface area contributed by atoms with Crippen LogP contribution >= 0.6 is 0 Å². The average Bonchev–Trinajstić information content (AvgIpc) is 2.52. The van der Waals surface area contributed by atoms with E-state index in [0.717, 1.165) is 25.1 Å². The van der Waals surface area contributed by atoms with Gasteiger partial charge in [-0.3, -0.25) is 4.98 Å². The largest absolute Gasteiger partial charge is 0.391 e. The zero-order valence-corrected chi connectivity index (χ0v) is 11.9. The molecule has 0 saturated heterocycles. The molecule has 1 unspecified atom stereocenters. The van der Waals surface area contributed by atoms with E-state index in [1.165, 1.54) is 5.56 Å². The number of hydrogen-bond donors (Lipinski definition) is 1. The van der Waals surface area contributed by atoms with Crippen molar-refractivity contribution in [1.29, 1.82) is 0 Å². The fraction of sp³-hybridized carbons (Fsp3) is 0.353. The van der Waals surface area contributed by atoms with Gasteiger partial charge in [-0.15, -0.1) is 0 Å². The summed E-state index contributed by atoms with van der Waals surface area (Å²) in [5.74, 6) is 0. The topological polar surface area (TPSA) is 36.4 Å². The number of pyridine rings is 1. The lowest BCUT2D eigenvalue weighted by atomic mass is 10.1. The van der Waals surface area contributed by atoms with E-state index in [2.05, 4.69) is 35.0 Å². The average molecular weight is 270 g/mol. The molecule has 3 nitrogen and oxygen atoms in total. The number of anilines is 1. The Morgan fingerprint density at radius 1 is 1.15 bits per heavy atom. The minimum atomic E-state index is -0.324. The molecule has 1 aromatic carbocycles. The van der Waals surface area contributed by atoms with Gasteiger partial charge in [0.05, 0.1) is 6.10 Å². The van der Waals surface area contributed by atoms with Crippen LogP contribution in [0, 0.1) is 0 Å². The van der Waals surface area contributed by atoms with Gasteiger partial charge in [0.15, 0.2) is 0 Å². The summed E-state index contributed by atoms with van der Waals surface area (Å²) in [7, 11) is 0. The van der Waals surface area contributed by atoms with E-state index < -0.39 is 0 Å². The van der Waals surface area contributed by atoms with Crippen LogP contribution in [0.3, 0.4) is 0 Å². The van der Waals surface area contributed by atoms with Gasteiger partial charge in [-0.05, 0) is 43.5 Å². The first-order valence-electron chi connectivity index (χ1n) is 7.16. The van der Waals surface area contributed by atoms with E-state index in [9.17, 15) is 5.11 Å². The zero-order chi connectivity index (χ0) is 14.2. The van der Waals surface area contributed by atoms with E-state index in [4.69, 9.17) is 0 Å². The third-order valence-electron chi connectivity index (χ3n) is 3.42.